The lowest BCUT2D eigenvalue weighted by atomic mass is 10.0. The minimum atomic E-state index is 0.923. The van der Waals surface area contributed by atoms with Crippen LogP contribution in [0.15, 0.2) is 48.5 Å². The summed E-state index contributed by atoms with van der Waals surface area (Å²) in [6.07, 6.45) is 3.42. The number of hydrogen-bond acceptors (Lipinski definition) is 1. The van der Waals surface area contributed by atoms with Crippen molar-refractivity contribution in [2.45, 2.75) is 19.3 Å². The molecular formula is C16H17O. The smallest absolute Gasteiger partial charge is 0.118 e. The van der Waals surface area contributed by atoms with E-state index in [2.05, 4.69) is 30.3 Å². The molecule has 1 heteroatoms. The average Bonchev–Trinajstić information content (AvgIpc) is 2.41. The van der Waals surface area contributed by atoms with E-state index < -0.39 is 0 Å². The van der Waals surface area contributed by atoms with Crippen LogP contribution in [-0.4, -0.2) is 7.11 Å². The van der Waals surface area contributed by atoms with Crippen LogP contribution in [0.2, 0.25) is 0 Å². The van der Waals surface area contributed by atoms with Gasteiger partial charge in [0.2, 0.25) is 0 Å². The third-order valence-corrected chi connectivity index (χ3v) is 2.88. The van der Waals surface area contributed by atoms with Crippen molar-refractivity contribution in [2.24, 2.45) is 0 Å². The van der Waals surface area contributed by atoms with E-state index in [-0.39, 0.29) is 0 Å². The Hall–Kier alpha value is -1.76. The van der Waals surface area contributed by atoms with Crippen molar-refractivity contribution >= 4 is 0 Å². The summed E-state index contributed by atoms with van der Waals surface area (Å²) < 4.78 is 5.14. The van der Waals surface area contributed by atoms with Crippen LogP contribution < -0.4 is 4.74 Å². The number of ether oxygens (including phenoxy) is 1. The standard InChI is InChI=1S/C16H17O/c1-17-16-12-10-15(11-13-16)9-5-8-14-6-3-2-4-7-14/h3-4,6-7,10-13H,5,8-9H2,1H3. The van der Waals surface area contributed by atoms with Crippen LogP contribution in [0.25, 0.3) is 0 Å². The number of methoxy groups -OCH3 is 1. The van der Waals surface area contributed by atoms with Gasteiger partial charge < -0.3 is 4.74 Å². The highest BCUT2D eigenvalue weighted by Gasteiger charge is 1.96. The van der Waals surface area contributed by atoms with Crippen LogP contribution in [-0.2, 0) is 12.8 Å². The molecule has 0 fully saturated rings. The predicted octanol–water partition coefficient (Wildman–Crippen LogP) is 3.67. The molecule has 0 N–H and O–H groups in total. The molecule has 0 amide bonds. The van der Waals surface area contributed by atoms with E-state index in [0.717, 1.165) is 18.6 Å². The summed E-state index contributed by atoms with van der Waals surface area (Å²) in [5.74, 6) is 0.923. The number of rotatable bonds is 5. The zero-order valence-electron chi connectivity index (χ0n) is 10.1. The van der Waals surface area contributed by atoms with Crippen LogP contribution in [0.1, 0.15) is 17.5 Å². The molecule has 17 heavy (non-hydrogen) atoms. The Bertz CT molecular complexity index is 431. The van der Waals surface area contributed by atoms with Gasteiger partial charge in [-0.25, -0.2) is 0 Å². The molecule has 0 bridgehead atoms. The summed E-state index contributed by atoms with van der Waals surface area (Å²) >= 11 is 0. The summed E-state index contributed by atoms with van der Waals surface area (Å²) in [6.45, 7) is 0. The van der Waals surface area contributed by atoms with E-state index in [1.165, 1.54) is 17.5 Å². The van der Waals surface area contributed by atoms with Gasteiger partial charge in [-0.3, -0.25) is 0 Å². The van der Waals surface area contributed by atoms with Crippen molar-refractivity contribution in [1.82, 2.24) is 0 Å². The summed E-state index contributed by atoms with van der Waals surface area (Å²) in [5, 5.41) is 0. The minimum absolute atomic E-state index is 0.923. The first-order valence-corrected chi connectivity index (χ1v) is 5.96. The SMILES string of the molecule is COc1ccc(CCCc2cc[c]cc2)cc1. The third kappa shape index (κ3) is 3.63. The Balaban J connectivity index is 1.82. The lowest BCUT2D eigenvalue weighted by molar-refractivity contribution is 0.414. The first-order chi connectivity index (χ1) is 8.38. The molecule has 2 rings (SSSR count). The van der Waals surface area contributed by atoms with Crippen molar-refractivity contribution in [3.8, 4) is 5.75 Å². The predicted molar refractivity (Wildman–Crippen MR) is 70.3 cm³/mol. The monoisotopic (exact) mass is 225 g/mol. The van der Waals surface area contributed by atoms with Crippen LogP contribution in [0, 0.1) is 6.07 Å². The van der Waals surface area contributed by atoms with Gasteiger partial charge in [0.1, 0.15) is 5.75 Å². The molecule has 0 aliphatic heterocycles. The topological polar surface area (TPSA) is 9.23 Å². The quantitative estimate of drug-likeness (QED) is 0.754. The largest absolute Gasteiger partial charge is 0.497 e. The lowest BCUT2D eigenvalue weighted by Gasteiger charge is -2.04. The highest BCUT2D eigenvalue weighted by atomic mass is 16.5. The van der Waals surface area contributed by atoms with Crippen LogP contribution >= 0.6 is 0 Å². The molecule has 0 aromatic heterocycles. The van der Waals surface area contributed by atoms with E-state index in [4.69, 9.17) is 4.74 Å². The van der Waals surface area contributed by atoms with Crippen molar-refractivity contribution in [3.63, 3.8) is 0 Å². The zero-order chi connectivity index (χ0) is 11.9. The first kappa shape index (κ1) is 11.7. The summed E-state index contributed by atoms with van der Waals surface area (Å²) in [4.78, 5) is 0. The molecule has 0 saturated carbocycles. The Morgan fingerprint density at radius 3 is 2.06 bits per heavy atom. The van der Waals surface area contributed by atoms with Crippen LogP contribution in [0.3, 0.4) is 0 Å². The fourth-order valence-corrected chi connectivity index (χ4v) is 1.88. The molecule has 2 aromatic carbocycles. The summed E-state index contributed by atoms with van der Waals surface area (Å²) in [5.41, 5.74) is 2.76. The highest BCUT2D eigenvalue weighted by molar-refractivity contribution is 5.27. The lowest BCUT2D eigenvalue weighted by Crippen LogP contribution is -1.90. The van der Waals surface area contributed by atoms with Gasteiger partial charge >= 0.3 is 0 Å². The second-order valence-electron chi connectivity index (χ2n) is 4.11. The van der Waals surface area contributed by atoms with Gasteiger partial charge in [-0.2, -0.15) is 0 Å². The molecule has 1 nitrogen and oxygen atoms in total. The molecule has 2 aromatic rings. The second kappa shape index (κ2) is 6.09. The number of benzene rings is 2. The fraction of sp³-hybridized carbons (Fsp3) is 0.250. The first-order valence-electron chi connectivity index (χ1n) is 5.96. The molecule has 0 atom stereocenters. The molecule has 0 unspecified atom stereocenters. The van der Waals surface area contributed by atoms with E-state index in [1.54, 1.807) is 7.11 Å². The molecule has 1 radical (unpaired) electrons. The average molecular weight is 225 g/mol. The fourth-order valence-electron chi connectivity index (χ4n) is 1.88. The van der Waals surface area contributed by atoms with Crippen molar-refractivity contribution in [1.29, 1.82) is 0 Å². The van der Waals surface area contributed by atoms with Gasteiger partial charge in [-0.1, -0.05) is 36.4 Å². The zero-order valence-corrected chi connectivity index (χ0v) is 10.1. The van der Waals surface area contributed by atoms with Crippen molar-refractivity contribution in [3.05, 3.63) is 65.7 Å². The molecule has 0 aliphatic rings. The van der Waals surface area contributed by atoms with Gasteiger partial charge in [-0.05, 0) is 48.6 Å². The third-order valence-electron chi connectivity index (χ3n) is 2.88. The van der Waals surface area contributed by atoms with Gasteiger partial charge in [0.15, 0.2) is 0 Å². The van der Waals surface area contributed by atoms with Gasteiger partial charge in [0.25, 0.3) is 0 Å². The van der Waals surface area contributed by atoms with Crippen molar-refractivity contribution < 1.29 is 4.74 Å². The Morgan fingerprint density at radius 1 is 0.882 bits per heavy atom. The van der Waals surface area contributed by atoms with Crippen LogP contribution in [0.5, 0.6) is 5.75 Å². The maximum Gasteiger partial charge on any atom is 0.118 e. The maximum atomic E-state index is 5.14. The molecule has 0 saturated heterocycles. The van der Waals surface area contributed by atoms with Gasteiger partial charge in [0.05, 0.1) is 7.11 Å². The molecular weight excluding hydrogens is 208 g/mol. The summed E-state index contributed by atoms with van der Waals surface area (Å²) in [7, 11) is 1.70. The Kier molecular flexibility index (Phi) is 4.20. The van der Waals surface area contributed by atoms with Gasteiger partial charge in [0, 0.05) is 0 Å². The number of hydrogen-bond donors (Lipinski definition) is 0. The Labute approximate surface area is 103 Å². The van der Waals surface area contributed by atoms with E-state index in [1.807, 2.05) is 24.3 Å². The minimum Gasteiger partial charge on any atom is -0.497 e. The molecule has 87 valence electrons. The molecule has 0 spiro atoms. The second-order valence-corrected chi connectivity index (χ2v) is 4.11. The van der Waals surface area contributed by atoms with E-state index in [9.17, 15) is 0 Å². The van der Waals surface area contributed by atoms with Gasteiger partial charge in [-0.15, -0.1) is 0 Å². The van der Waals surface area contributed by atoms with Crippen LogP contribution in [0.4, 0.5) is 0 Å². The Morgan fingerprint density at radius 2 is 1.47 bits per heavy atom. The number of aryl methyl sites for hydroxylation is 2. The molecule has 0 heterocycles. The van der Waals surface area contributed by atoms with E-state index >= 15 is 0 Å². The van der Waals surface area contributed by atoms with E-state index in [0.29, 0.717) is 0 Å². The summed E-state index contributed by atoms with van der Waals surface area (Å²) in [6, 6.07) is 19.6. The molecule has 0 aliphatic carbocycles. The highest BCUT2D eigenvalue weighted by Crippen LogP contribution is 2.13. The van der Waals surface area contributed by atoms with Crippen molar-refractivity contribution in [2.75, 3.05) is 7.11 Å². The normalized spacial score (nSPS) is 10.2. The maximum absolute atomic E-state index is 5.14.